The van der Waals surface area contributed by atoms with Crippen molar-refractivity contribution >= 4 is 17.9 Å². The number of rotatable bonds is 2. The SMILES string of the molecule is CC.CC.CC.CC1Cc2nc3c(c(N[C-]=O)c2C1)CCC3=O.[Ir]. The number of carbonyl (C=O) groups is 1. The number of hydrogen-bond donors (Lipinski definition) is 1. The van der Waals surface area contributed by atoms with E-state index in [-0.39, 0.29) is 25.9 Å². The molecule has 1 radical (unpaired) electrons. The average molecular weight is 512 g/mol. The van der Waals surface area contributed by atoms with E-state index in [0.29, 0.717) is 24.5 Å². The minimum absolute atomic E-state index is 0. The molecule has 1 heterocycles. The molecule has 2 aliphatic carbocycles. The Hall–Kier alpha value is -1.06. The number of Topliss-reactive ketones (excluding diaryl/α,β-unsaturated/α-hetero) is 1. The fraction of sp³-hybridized carbons (Fsp3) is 0.632. The third-order valence-corrected chi connectivity index (χ3v) is 3.62. The average Bonchev–Trinajstić information content (AvgIpc) is 3.16. The van der Waals surface area contributed by atoms with Crippen molar-refractivity contribution in [2.45, 2.75) is 74.1 Å². The van der Waals surface area contributed by atoms with Gasteiger partial charge < -0.3 is 10.1 Å². The molecule has 1 unspecified atom stereocenters. The summed E-state index contributed by atoms with van der Waals surface area (Å²) in [6.45, 7) is 14.2. The van der Waals surface area contributed by atoms with E-state index in [1.54, 1.807) is 6.41 Å². The van der Waals surface area contributed by atoms with Crippen LogP contribution in [0.5, 0.6) is 0 Å². The van der Waals surface area contributed by atoms with Gasteiger partial charge in [-0.1, -0.05) is 65.3 Å². The number of aromatic nitrogens is 1. The number of hydrogen-bond acceptors (Lipinski definition) is 3. The molecule has 0 aliphatic heterocycles. The smallest absolute Gasteiger partial charge is 0.180 e. The van der Waals surface area contributed by atoms with Crippen molar-refractivity contribution in [3.05, 3.63) is 22.5 Å². The summed E-state index contributed by atoms with van der Waals surface area (Å²) in [5.41, 5.74) is 4.36. The van der Waals surface area contributed by atoms with E-state index in [1.165, 1.54) is 0 Å². The summed E-state index contributed by atoms with van der Waals surface area (Å²) in [4.78, 5) is 26.8. The van der Waals surface area contributed by atoms with Gasteiger partial charge in [-0.2, -0.15) is 0 Å². The molecule has 0 bridgehead atoms. The van der Waals surface area contributed by atoms with Crippen LogP contribution < -0.4 is 5.32 Å². The van der Waals surface area contributed by atoms with E-state index in [9.17, 15) is 9.59 Å². The third kappa shape index (κ3) is 5.49. The van der Waals surface area contributed by atoms with Gasteiger partial charge in [-0.25, -0.2) is 0 Å². The van der Waals surface area contributed by atoms with Crippen LogP contribution in [0.3, 0.4) is 0 Å². The van der Waals surface area contributed by atoms with Crippen LogP contribution in [0, 0.1) is 5.92 Å². The van der Waals surface area contributed by atoms with Crippen LogP contribution >= 0.6 is 0 Å². The first-order valence-corrected chi connectivity index (χ1v) is 8.91. The second-order valence-corrected chi connectivity index (χ2v) is 4.90. The largest absolute Gasteiger partial charge is 0.490 e. The van der Waals surface area contributed by atoms with Crippen LogP contribution in [0.15, 0.2) is 0 Å². The predicted molar refractivity (Wildman–Crippen MR) is 96.8 cm³/mol. The molecular formula is C19H31IrN2O2-. The first-order chi connectivity index (χ1) is 11.2. The number of fused-ring (bicyclic) bond motifs is 2. The van der Waals surface area contributed by atoms with Gasteiger partial charge in [0.15, 0.2) is 5.78 Å². The number of nitrogens with one attached hydrogen (secondary N) is 1. The van der Waals surface area contributed by atoms with E-state index in [0.717, 1.165) is 35.3 Å². The Bertz CT molecular complexity index is 531. The Morgan fingerprint density at radius 1 is 1.00 bits per heavy atom. The maximum absolute atomic E-state index is 11.7. The van der Waals surface area contributed by atoms with Gasteiger partial charge in [-0.05, 0) is 25.2 Å². The first-order valence-electron chi connectivity index (χ1n) is 8.91. The number of carbonyl (C=O) groups excluding carboxylic acids is 2. The number of anilines is 1. The number of ketones is 1. The molecule has 5 heteroatoms. The van der Waals surface area contributed by atoms with Crippen molar-refractivity contribution in [2.24, 2.45) is 5.92 Å². The molecule has 2 aliphatic rings. The summed E-state index contributed by atoms with van der Waals surface area (Å²) in [7, 11) is 0. The molecular weight excluding hydrogens is 480 g/mol. The Labute approximate surface area is 160 Å². The van der Waals surface area contributed by atoms with Gasteiger partial charge in [-0.15, -0.1) is 0 Å². The van der Waals surface area contributed by atoms with Crippen molar-refractivity contribution in [1.29, 1.82) is 0 Å². The van der Waals surface area contributed by atoms with Crippen LogP contribution in [-0.4, -0.2) is 17.2 Å². The Morgan fingerprint density at radius 3 is 2.12 bits per heavy atom. The Balaban J connectivity index is 0. The predicted octanol–water partition coefficient (Wildman–Crippen LogP) is 4.50. The minimum Gasteiger partial charge on any atom is -0.490 e. The second-order valence-electron chi connectivity index (χ2n) is 4.90. The number of amides is 1. The van der Waals surface area contributed by atoms with Gasteiger partial charge >= 0.3 is 0 Å². The quantitative estimate of drug-likeness (QED) is 0.470. The molecule has 1 atom stereocenters. The normalized spacial score (nSPS) is 15.8. The van der Waals surface area contributed by atoms with Crippen LogP contribution in [0.1, 0.15) is 82.2 Å². The summed E-state index contributed by atoms with van der Waals surface area (Å²) in [6.07, 6.45) is 4.75. The van der Waals surface area contributed by atoms with Gasteiger partial charge in [-0.3, -0.25) is 9.78 Å². The monoisotopic (exact) mass is 512 g/mol. The molecule has 0 spiro atoms. The van der Waals surface area contributed by atoms with Gasteiger partial charge in [0, 0.05) is 32.2 Å². The summed E-state index contributed by atoms with van der Waals surface area (Å²) in [5, 5.41) is 2.65. The molecule has 0 saturated heterocycles. The zero-order valence-corrected chi connectivity index (χ0v) is 18.4. The summed E-state index contributed by atoms with van der Waals surface area (Å²) in [5.74, 6) is 0.624. The van der Waals surface area contributed by atoms with Gasteiger partial charge in [0.1, 0.15) is 0 Å². The first kappa shape index (κ1) is 25.2. The van der Waals surface area contributed by atoms with Crippen molar-refractivity contribution in [2.75, 3.05) is 5.32 Å². The van der Waals surface area contributed by atoms with Crippen molar-refractivity contribution < 1.29 is 29.7 Å². The molecule has 1 aromatic rings. The minimum atomic E-state index is 0. The second kappa shape index (κ2) is 13.3. The van der Waals surface area contributed by atoms with E-state index in [2.05, 4.69) is 17.2 Å². The summed E-state index contributed by atoms with van der Waals surface area (Å²) in [6, 6.07) is 0. The molecule has 0 aromatic carbocycles. The van der Waals surface area contributed by atoms with E-state index in [1.807, 2.05) is 41.5 Å². The molecule has 0 saturated carbocycles. The Kier molecular flexibility index (Phi) is 13.9. The molecule has 139 valence electrons. The standard InChI is InChI=1S/C13H13N2O2.3C2H6.Ir/c1-7-4-9-10(5-7)15-13-8(2-3-11(13)17)12(9)14-6-16;3*1-2;/h7H,2-5H2,1H3,(H,14,15,16);3*1-2H3;/q-1;;;;. The third-order valence-electron chi connectivity index (χ3n) is 3.62. The van der Waals surface area contributed by atoms with Crippen molar-refractivity contribution in [3.63, 3.8) is 0 Å². The fourth-order valence-corrected chi connectivity index (χ4v) is 2.89. The van der Waals surface area contributed by atoms with Crippen molar-refractivity contribution in [1.82, 2.24) is 4.98 Å². The molecule has 24 heavy (non-hydrogen) atoms. The van der Waals surface area contributed by atoms with Crippen LogP contribution in [-0.2, 0) is 44.2 Å². The molecule has 1 N–H and O–H groups in total. The summed E-state index contributed by atoms with van der Waals surface area (Å²) >= 11 is 0. The maximum Gasteiger partial charge on any atom is 0.180 e. The molecule has 3 rings (SSSR count). The zero-order valence-electron chi connectivity index (χ0n) is 16.0. The van der Waals surface area contributed by atoms with Crippen LogP contribution in [0.25, 0.3) is 0 Å². The van der Waals surface area contributed by atoms with Gasteiger partial charge in [0.05, 0.1) is 12.1 Å². The van der Waals surface area contributed by atoms with Crippen LogP contribution in [0.2, 0.25) is 0 Å². The van der Waals surface area contributed by atoms with Crippen LogP contribution in [0.4, 0.5) is 5.69 Å². The fourth-order valence-electron chi connectivity index (χ4n) is 2.89. The molecule has 4 nitrogen and oxygen atoms in total. The number of nitrogens with zero attached hydrogens (tertiary/aromatic N) is 1. The van der Waals surface area contributed by atoms with E-state index in [4.69, 9.17) is 0 Å². The van der Waals surface area contributed by atoms with E-state index < -0.39 is 0 Å². The van der Waals surface area contributed by atoms with E-state index >= 15 is 0 Å². The topological polar surface area (TPSA) is 59.1 Å². The van der Waals surface area contributed by atoms with Gasteiger partial charge in [0.25, 0.3) is 0 Å². The summed E-state index contributed by atoms with van der Waals surface area (Å²) < 4.78 is 0. The van der Waals surface area contributed by atoms with Crippen molar-refractivity contribution in [3.8, 4) is 0 Å². The Morgan fingerprint density at radius 2 is 1.58 bits per heavy atom. The van der Waals surface area contributed by atoms with Gasteiger partial charge in [0.2, 0.25) is 0 Å². The molecule has 0 fully saturated rings. The number of pyridine rings is 1. The maximum atomic E-state index is 11.7. The zero-order chi connectivity index (χ0) is 18.0. The molecule has 1 amide bonds. The molecule has 1 aromatic heterocycles.